The number of unbranched alkanes of at least 4 members (excludes halogenated alkanes) is 1. The van der Waals surface area contributed by atoms with Gasteiger partial charge in [0.15, 0.2) is 12.4 Å². The fourth-order valence-electron chi connectivity index (χ4n) is 3.04. The Labute approximate surface area is 195 Å². The second kappa shape index (κ2) is 9.33. The maximum atomic E-state index is 13.5. The lowest BCUT2D eigenvalue weighted by Gasteiger charge is -2.11. The number of carboxylic acid groups (broad SMARTS) is 1. The lowest BCUT2D eigenvalue weighted by Crippen LogP contribution is -2.12. The van der Waals surface area contributed by atoms with Crippen molar-refractivity contribution in [2.75, 3.05) is 12.3 Å². The van der Waals surface area contributed by atoms with E-state index in [9.17, 15) is 9.59 Å². The van der Waals surface area contributed by atoms with Gasteiger partial charge in [0.2, 0.25) is 0 Å². The number of hydrogen-bond acceptors (Lipinski definition) is 5. The number of carboxylic acids is 1. The van der Waals surface area contributed by atoms with Gasteiger partial charge in [0.05, 0.1) is 12.7 Å². The van der Waals surface area contributed by atoms with Gasteiger partial charge in [-0.25, -0.2) is 4.79 Å². The van der Waals surface area contributed by atoms with Crippen molar-refractivity contribution in [3.63, 3.8) is 0 Å². The van der Waals surface area contributed by atoms with Gasteiger partial charge in [-0.1, -0.05) is 13.3 Å². The van der Waals surface area contributed by atoms with Gasteiger partial charge in [-0.2, -0.15) is 0 Å². The Morgan fingerprint density at radius 1 is 1.17 bits per heavy atom. The van der Waals surface area contributed by atoms with Gasteiger partial charge in [0.25, 0.3) is 0 Å². The Morgan fingerprint density at radius 3 is 2.48 bits per heavy atom. The Kier molecular flexibility index (Phi) is 7.04. The molecule has 152 valence electrons. The standard InChI is InChI=1S/C21H19I2NO5/c1-2-3-4-17-19(13-9-12(24)5-6-16(13)29-17)20(27)11-7-14(22)21(15(23)8-11)28-10-18(25)26/h5-9H,2-4,10,24H2,1H3,(H,25,26). The number of carbonyl (C=O) groups excluding carboxylic acids is 1. The second-order valence-corrected chi connectivity index (χ2v) is 8.86. The molecule has 0 fully saturated rings. The minimum atomic E-state index is -1.06. The molecule has 3 aromatic rings. The summed E-state index contributed by atoms with van der Waals surface area (Å²) in [6.45, 7) is 1.65. The largest absolute Gasteiger partial charge is 0.480 e. The van der Waals surface area contributed by atoms with E-state index in [1.807, 2.05) is 45.2 Å². The van der Waals surface area contributed by atoms with Crippen molar-refractivity contribution < 1.29 is 23.8 Å². The third-order valence-corrected chi connectivity index (χ3v) is 5.97. The van der Waals surface area contributed by atoms with Crippen molar-refractivity contribution in [3.8, 4) is 5.75 Å². The molecule has 0 radical (unpaired) electrons. The van der Waals surface area contributed by atoms with Crippen LogP contribution in [-0.2, 0) is 11.2 Å². The number of nitrogens with two attached hydrogens (primary N) is 1. The average Bonchev–Trinajstić information content (AvgIpc) is 3.02. The third kappa shape index (κ3) is 4.85. The second-order valence-electron chi connectivity index (χ2n) is 6.54. The SMILES string of the molecule is CCCCc1oc2ccc(N)cc2c1C(=O)c1cc(I)c(OCC(=O)O)c(I)c1. The molecule has 0 aliphatic heterocycles. The van der Waals surface area contributed by atoms with Gasteiger partial charge in [-0.15, -0.1) is 0 Å². The smallest absolute Gasteiger partial charge is 0.341 e. The van der Waals surface area contributed by atoms with Crippen LogP contribution in [0.4, 0.5) is 5.69 Å². The molecule has 0 atom stereocenters. The van der Waals surface area contributed by atoms with E-state index in [1.165, 1.54) is 0 Å². The summed E-state index contributed by atoms with van der Waals surface area (Å²) in [4.78, 5) is 24.3. The van der Waals surface area contributed by atoms with Crippen LogP contribution in [0.1, 0.15) is 41.4 Å². The summed E-state index contributed by atoms with van der Waals surface area (Å²) in [6, 6.07) is 8.72. The summed E-state index contributed by atoms with van der Waals surface area (Å²) < 4.78 is 12.7. The molecule has 1 aromatic heterocycles. The van der Waals surface area contributed by atoms with Crippen LogP contribution >= 0.6 is 45.2 Å². The van der Waals surface area contributed by atoms with E-state index in [0.29, 0.717) is 52.9 Å². The minimum absolute atomic E-state index is 0.152. The normalized spacial score (nSPS) is 11.0. The van der Waals surface area contributed by atoms with Gasteiger partial charge in [0.1, 0.15) is 17.1 Å². The Balaban J connectivity index is 2.07. The van der Waals surface area contributed by atoms with E-state index in [-0.39, 0.29) is 5.78 Å². The van der Waals surface area contributed by atoms with Crippen LogP contribution in [0.2, 0.25) is 0 Å². The molecule has 1 heterocycles. The number of aryl methyl sites for hydroxylation is 1. The molecule has 0 aliphatic rings. The number of ketones is 1. The van der Waals surface area contributed by atoms with Crippen LogP contribution in [0.3, 0.4) is 0 Å². The molecule has 3 N–H and O–H groups in total. The molecule has 0 unspecified atom stereocenters. The van der Waals surface area contributed by atoms with Crippen LogP contribution in [0.25, 0.3) is 11.0 Å². The number of rotatable bonds is 8. The molecule has 0 aliphatic carbocycles. The number of anilines is 1. The highest BCUT2D eigenvalue weighted by Crippen LogP contribution is 2.34. The molecule has 29 heavy (non-hydrogen) atoms. The van der Waals surface area contributed by atoms with Crippen LogP contribution in [-0.4, -0.2) is 23.5 Å². The number of aliphatic carboxylic acids is 1. The Morgan fingerprint density at radius 2 is 1.86 bits per heavy atom. The summed E-state index contributed by atoms with van der Waals surface area (Å²) in [6.07, 6.45) is 2.56. The zero-order valence-electron chi connectivity index (χ0n) is 15.6. The lowest BCUT2D eigenvalue weighted by molar-refractivity contribution is -0.139. The number of carbonyl (C=O) groups is 2. The predicted molar refractivity (Wildman–Crippen MR) is 128 cm³/mol. The quantitative estimate of drug-likeness (QED) is 0.203. The van der Waals surface area contributed by atoms with Crippen molar-refractivity contribution in [1.82, 2.24) is 0 Å². The number of hydrogen-bond donors (Lipinski definition) is 2. The monoisotopic (exact) mass is 619 g/mol. The molecule has 0 spiro atoms. The van der Waals surface area contributed by atoms with Crippen LogP contribution in [0.5, 0.6) is 5.75 Å². The number of halogens is 2. The van der Waals surface area contributed by atoms with Gasteiger partial charge in [-0.3, -0.25) is 4.79 Å². The first kappa shape index (κ1) is 21.9. The van der Waals surface area contributed by atoms with Crippen molar-refractivity contribution in [1.29, 1.82) is 0 Å². The highest BCUT2D eigenvalue weighted by atomic mass is 127. The summed E-state index contributed by atoms with van der Waals surface area (Å²) in [5.41, 5.74) is 8.18. The van der Waals surface area contributed by atoms with Gasteiger partial charge >= 0.3 is 5.97 Å². The summed E-state index contributed by atoms with van der Waals surface area (Å²) in [5, 5.41) is 9.55. The molecule has 8 heteroatoms. The Bertz CT molecular complexity index is 1070. The minimum Gasteiger partial charge on any atom is -0.480 e. The zero-order chi connectivity index (χ0) is 21.1. The van der Waals surface area contributed by atoms with Gasteiger partial charge < -0.3 is 20.0 Å². The van der Waals surface area contributed by atoms with E-state index in [1.54, 1.807) is 30.3 Å². The number of furan rings is 1. The molecule has 3 rings (SSSR count). The highest BCUT2D eigenvalue weighted by Gasteiger charge is 2.24. The van der Waals surface area contributed by atoms with Gasteiger partial charge in [-0.05, 0) is 81.9 Å². The number of benzene rings is 2. The fraction of sp³-hybridized carbons (Fsp3) is 0.238. The van der Waals surface area contributed by atoms with Crippen LogP contribution in [0, 0.1) is 7.14 Å². The van der Waals surface area contributed by atoms with E-state index in [4.69, 9.17) is 20.0 Å². The van der Waals surface area contributed by atoms with E-state index < -0.39 is 12.6 Å². The lowest BCUT2D eigenvalue weighted by atomic mass is 9.98. The van der Waals surface area contributed by atoms with E-state index in [0.717, 1.165) is 12.8 Å². The predicted octanol–water partition coefficient (Wildman–Crippen LogP) is 5.26. The molecule has 0 amide bonds. The number of fused-ring (bicyclic) bond motifs is 1. The Hall–Kier alpha value is -1.82. The average molecular weight is 619 g/mol. The summed E-state index contributed by atoms with van der Waals surface area (Å²) >= 11 is 4.09. The topological polar surface area (TPSA) is 103 Å². The maximum absolute atomic E-state index is 13.5. The van der Waals surface area contributed by atoms with Crippen molar-refractivity contribution in [2.45, 2.75) is 26.2 Å². The molecule has 6 nitrogen and oxygen atoms in total. The first-order valence-electron chi connectivity index (χ1n) is 9.01. The van der Waals surface area contributed by atoms with Crippen molar-refractivity contribution in [3.05, 3.63) is 54.4 Å². The van der Waals surface area contributed by atoms with E-state index >= 15 is 0 Å². The molecular weight excluding hydrogens is 600 g/mol. The molecular formula is C21H19I2NO5. The third-order valence-electron chi connectivity index (χ3n) is 4.37. The molecule has 0 bridgehead atoms. The number of ether oxygens (including phenoxy) is 1. The molecule has 0 saturated carbocycles. The molecule has 0 saturated heterocycles. The summed E-state index contributed by atoms with van der Waals surface area (Å²) in [5.74, 6) is -0.0906. The van der Waals surface area contributed by atoms with Crippen LogP contribution < -0.4 is 10.5 Å². The first-order valence-corrected chi connectivity index (χ1v) is 11.2. The van der Waals surface area contributed by atoms with Gasteiger partial charge in [0, 0.05) is 23.1 Å². The van der Waals surface area contributed by atoms with Crippen LogP contribution in [0.15, 0.2) is 34.7 Å². The maximum Gasteiger partial charge on any atom is 0.341 e. The number of nitrogen functional groups attached to an aromatic ring is 1. The fourth-order valence-corrected chi connectivity index (χ4v) is 5.11. The van der Waals surface area contributed by atoms with Crippen molar-refractivity contribution >= 4 is 73.6 Å². The van der Waals surface area contributed by atoms with Crippen molar-refractivity contribution in [2.24, 2.45) is 0 Å². The highest BCUT2D eigenvalue weighted by molar-refractivity contribution is 14.1. The zero-order valence-corrected chi connectivity index (χ0v) is 19.9. The summed E-state index contributed by atoms with van der Waals surface area (Å²) in [7, 11) is 0. The first-order chi connectivity index (χ1) is 13.8. The van der Waals surface area contributed by atoms with E-state index in [2.05, 4.69) is 6.92 Å². The molecule has 2 aromatic carbocycles.